The second-order valence-corrected chi connectivity index (χ2v) is 4.56. The lowest BCUT2D eigenvalue weighted by Gasteiger charge is -2.07. The molecule has 0 saturated carbocycles. The summed E-state index contributed by atoms with van der Waals surface area (Å²) in [6, 6.07) is 11.7. The Morgan fingerprint density at radius 3 is 3.00 bits per heavy atom. The average Bonchev–Trinajstić information content (AvgIpc) is 2.89. The number of fused-ring (bicyclic) bond motifs is 1. The molecule has 0 aliphatic rings. The number of rotatable bonds is 5. The van der Waals surface area contributed by atoms with Gasteiger partial charge < -0.3 is 10.5 Å². The molecule has 0 atom stereocenters. The molecule has 0 aliphatic carbocycles. The summed E-state index contributed by atoms with van der Waals surface area (Å²) in [5.41, 5.74) is 6.51. The Kier molecular flexibility index (Phi) is 3.50. The van der Waals surface area contributed by atoms with Crippen LogP contribution in [0.4, 0.5) is 5.82 Å². The molecule has 0 saturated heterocycles. The smallest absolute Gasteiger partial charge is 0.145 e. The summed E-state index contributed by atoms with van der Waals surface area (Å²) in [7, 11) is 0. The molecule has 1 aromatic carbocycles. The summed E-state index contributed by atoms with van der Waals surface area (Å²) < 4.78 is 7.55. The Morgan fingerprint density at radius 1 is 1.20 bits per heavy atom. The van der Waals surface area contributed by atoms with Crippen LogP contribution in [-0.4, -0.2) is 21.4 Å². The number of aromatic nitrogens is 3. The van der Waals surface area contributed by atoms with Crippen molar-refractivity contribution in [3.05, 3.63) is 48.8 Å². The maximum atomic E-state index is 5.73. The van der Waals surface area contributed by atoms with Gasteiger partial charge in [-0.3, -0.25) is 9.67 Å². The summed E-state index contributed by atoms with van der Waals surface area (Å²) in [6.45, 7) is 1.43. The first-order chi connectivity index (χ1) is 9.81. The van der Waals surface area contributed by atoms with Crippen molar-refractivity contribution in [1.29, 1.82) is 0 Å². The predicted octanol–water partition coefficient (Wildman–Crippen LogP) is 2.48. The van der Waals surface area contributed by atoms with E-state index in [1.807, 2.05) is 41.2 Å². The molecule has 5 nitrogen and oxygen atoms in total. The van der Waals surface area contributed by atoms with Gasteiger partial charge in [0.25, 0.3) is 0 Å². The second-order valence-electron chi connectivity index (χ2n) is 4.56. The number of benzene rings is 1. The van der Waals surface area contributed by atoms with Crippen molar-refractivity contribution < 1.29 is 4.74 Å². The second kappa shape index (κ2) is 5.61. The van der Waals surface area contributed by atoms with Crippen LogP contribution in [0.15, 0.2) is 48.8 Å². The Morgan fingerprint density at radius 2 is 2.15 bits per heavy atom. The lowest BCUT2D eigenvalue weighted by molar-refractivity contribution is 0.299. The van der Waals surface area contributed by atoms with E-state index in [1.54, 1.807) is 12.3 Å². The zero-order chi connectivity index (χ0) is 13.8. The third-order valence-electron chi connectivity index (χ3n) is 3.04. The van der Waals surface area contributed by atoms with Gasteiger partial charge in [-0.2, -0.15) is 5.10 Å². The van der Waals surface area contributed by atoms with Gasteiger partial charge >= 0.3 is 0 Å². The van der Waals surface area contributed by atoms with Gasteiger partial charge in [0.15, 0.2) is 0 Å². The van der Waals surface area contributed by atoms with Crippen molar-refractivity contribution in [2.24, 2.45) is 0 Å². The molecule has 0 unspecified atom stereocenters. The predicted molar refractivity (Wildman–Crippen MR) is 78.5 cm³/mol. The van der Waals surface area contributed by atoms with E-state index in [-0.39, 0.29) is 0 Å². The van der Waals surface area contributed by atoms with Gasteiger partial charge in [0.2, 0.25) is 0 Å². The number of hydrogen-bond donors (Lipinski definition) is 1. The fourth-order valence-electron chi connectivity index (χ4n) is 2.05. The van der Waals surface area contributed by atoms with Crippen LogP contribution in [0.1, 0.15) is 6.42 Å². The maximum absolute atomic E-state index is 5.73. The zero-order valence-electron chi connectivity index (χ0n) is 11.1. The van der Waals surface area contributed by atoms with Crippen molar-refractivity contribution in [3.8, 4) is 5.75 Å². The molecule has 0 spiro atoms. The highest BCUT2D eigenvalue weighted by Gasteiger charge is 1.99. The minimum Gasteiger partial charge on any atom is -0.493 e. The lowest BCUT2D eigenvalue weighted by Crippen LogP contribution is -2.05. The Hall–Kier alpha value is -2.56. The number of nitrogen functional groups attached to an aromatic ring is 1. The van der Waals surface area contributed by atoms with E-state index in [9.17, 15) is 0 Å². The number of anilines is 1. The van der Waals surface area contributed by atoms with Crippen molar-refractivity contribution in [3.63, 3.8) is 0 Å². The third-order valence-corrected chi connectivity index (χ3v) is 3.04. The first-order valence-corrected chi connectivity index (χ1v) is 6.58. The van der Waals surface area contributed by atoms with E-state index in [0.29, 0.717) is 12.4 Å². The number of ether oxygens (including phenoxy) is 1. The normalized spacial score (nSPS) is 10.8. The van der Waals surface area contributed by atoms with Crippen molar-refractivity contribution in [2.45, 2.75) is 13.0 Å². The van der Waals surface area contributed by atoms with Crippen LogP contribution >= 0.6 is 0 Å². The summed E-state index contributed by atoms with van der Waals surface area (Å²) in [5.74, 6) is 1.39. The fourth-order valence-corrected chi connectivity index (χ4v) is 2.05. The highest BCUT2D eigenvalue weighted by atomic mass is 16.5. The standard InChI is InChI=1S/C15H16N4O/c16-15-6-9-19(18-15)8-2-10-20-13-5-4-12-3-1-7-17-14(12)11-13/h1,3-7,9,11H,2,8,10H2,(H2,16,18). The van der Waals surface area contributed by atoms with Gasteiger partial charge in [-0.25, -0.2) is 0 Å². The molecular formula is C15H16N4O. The Balaban J connectivity index is 1.54. The molecule has 0 amide bonds. The molecule has 2 aromatic heterocycles. The molecule has 3 aromatic rings. The molecule has 0 bridgehead atoms. The number of hydrogen-bond acceptors (Lipinski definition) is 4. The number of nitrogens with two attached hydrogens (primary N) is 1. The Labute approximate surface area is 117 Å². The molecule has 0 fully saturated rings. The highest BCUT2D eigenvalue weighted by Crippen LogP contribution is 2.18. The molecule has 0 radical (unpaired) electrons. The fraction of sp³-hybridized carbons (Fsp3) is 0.200. The van der Waals surface area contributed by atoms with Crippen LogP contribution in [0, 0.1) is 0 Å². The van der Waals surface area contributed by atoms with Crippen molar-refractivity contribution >= 4 is 16.7 Å². The largest absolute Gasteiger partial charge is 0.493 e. The first kappa shape index (κ1) is 12.5. The third kappa shape index (κ3) is 2.88. The van der Waals surface area contributed by atoms with Crippen molar-refractivity contribution in [2.75, 3.05) is 12.3 Å². The molecule has 102 valence electrons. The van der Waals surface area contributed by atoms with E-state index in [0.717, 1.165) is 29.6 Å². The Bertz CT molecular complexity index is 708. The van der Waals surface area contributed by atoms with E-state index in [4.69, 9.17) is 10.5 Å². The van der Waals surface area contributed by atoms with Gasteiger partial charge in [0.05, 0.1) is 12.1 Å². The summed E-state index contributed by atoms with van der Waals surface area (Å²) in [5, 5.41) is 5.24. The van der Waals surface area contributed by atoms with E-state index < -0.39 is 0 Å². The minimum atomic E-state index is 0.548. The molecular weight excluding hydrogens is 252 g/mol. The van der Waals surface area contributed by atoms with Crippen LogP contribution in [-0.2, 0) is 6.54 Å². The van der Waals surface area contributed by atoms with Gasteiger partial charge in [-0.1, -0.05) is 6.07 Å². The maximum Gasteiger partial charge on any atom is 0.145 e. The molecule has 5 heteroatoms. The molecule has 20 heavy (non-hydrogen) atoms. The summed E-state index contributed by atoms with van der Waals surface area (Å²) in [4.78, 5) is 4.31. The van der Waals surface area contributed by atoms with Crippen LogP contribution in [0.25, 0.3) is 10.9 Å². The zero-order valence-corrected chi connectivity index (χ0v) is 11.1. The van der Waals surface area contributed by atoms with E-state index in [1.165, 1.54) is 0 Å². The quantitative estimate of drug-likeness (QED) is 0.722. The molecule has 2 heterocycles. The van der Waals surface area contributed by atoms with E-state index >= 15 is 0 Å². The van der Waals surface area contributed by atoms with Gasteiger partial charge in [0, 0.05) is 36.8 Å². The SMILES string of the molecule is Nc1ccn(CCCOc2ccc3cccnc3c2)n1. The van der Waals surface area contributed by atoms with Gasteiger partial charge in [-0.05, 0) is 24.3 Å². The van der Waals surface area contributed by atoms with Crippen LogP contribution in [0.5, 0.6) is 5.75 Å². The van der Waals surface area contributed by atoms with E-state index in [2.05, 4.69) is 10.1 Å². The molecule has 2 N–H and O–H groups in total. The molecule has 3 rings (SSSR count). The molecule has 0 aliphatic heterocycles. The minimum absolute atomic E-state index is 0.548. The summed E-state index contributed by atoms with van der Waals surface area (Å²) >= 11 is 0. The number of aryl methyl sites for hydroxylation is 1. The highest BCUT2D eigenvalue weighted by molar-refractivity contribution is 5.79. The topological polar surface area (TPSA) is 66.0 Å². The number of nitrogens with zero attached hydrogens (tertiary/aromatic N) is 3. The average molecular weight is 268 g/mol. The van der Waals surface area contributed by atoms with Gasteiger partial charge in [0.1, 0.15) is 11.6 Å². The monoisotopic (exact) mass is 268 g/mol. The van der Waals surface area contributed by atoms with Gasteiger partial charge in [-0.15, -0.1) is 0 Å². The van der Waals surface area contributed by atoms with Crippen LogP contribution in [0.2, 0.25) is 0 Å². The van der Waals surface area contributed by atoms with Crippen LogP contribution in [0.3, 0.4) is 0 Å². The first-order valence-electron chi connectivity index (χ1n) is 6.58. The lowest BCUT2D eigenvalue weighted by atomic mass is 10.2. The summed E-state index contributed by atoms with van der Waals surface area (Å²) in [6.07, 6.45) is 4.53. The number of pyridine rings is 1. The van der Waals surface area contributed by atoms with Crippen LogP contribution < -0.4 is 10.5 Å². The van der Waals surface area contributed by atoms with Crippen molar-refractivity contribution in [1.82, 2.24) is 14.8 Å².